The highest BCUT2D eigenvalue weighted by Gasteiger charge is 1.65. The van der Waals surface area contributed by atoms with Gasteiger partial charge in [-0.2, -0.15) is 0 Å². The zero-order valence-electron chi connectivity index (χ0n) is 3.15. The molecule has 0 aromatic rings. The smallest absolute Gasteiger partial charge is 0.0595 e. The van der Waals surface area contributed by atoms with E-state index in [0.29, 0.717) is 0 Å². The van der Waals surface area contributed by atoms with Crippen LogP contribution in [0.5, 0.6) is 0 Å². The van der Waals surface area contributed by atoms with Gasteiger partial charge in [-0.15, -0.1) is 12.7 Å². The van der Waals surface area contributed by atoms with Crippen molar-refractivity contribution >= 4 is 14.9 Å². The average molecular weight is 62.7 g/mol. The number of rotatable bonds is 2. The molecule has 0 saturated heterocycles. The molecule has 0 aliphatic carbocycles. The molecule has 0 aliphatic rings. The van der Waals surface area contributed by atoms with E-state index in [-0.39, 0.29) is 0 Å². The zero-order valence-corrected chi connectivity index (χ0v) is 3.15. The fourth-order valence-corrected chi connectivity index (χ4v) is 0.0962. The molecule has 0 saturated carbocycles. The van der Waals surface area contributed by atoms with Crippen LogP contribution in [0.25, 0.3) is 0 Å². The second-order valence-corrected chi connectivity index (χ2v) is 0.760. The largest absolute Gasteiger partial charge is 0.104 e. The summed E-state index contributed by atoms with van der Waals surface area (Å²) in [6, 6.07) is 0. The second-order valence-electron chi connectivity index (χ2n) is 0.760. The molecule has 0 unspecified atom stereocenters. The van der Waals surface area contributed by atoms with Crippen LogP contribution >= 0.6 is 0 Å². The van der Waals surface area contributed by atoms with Crippen LogP contribution in [-0.2, 0) is 0 Å². The molecule has 0 aliphatic heterocycles. The molecule has 0 nitrogen and oxygen atoms in total. The monoisotopic (exact) mass is 63.1 g/mol. The summed E-state index contributed by atoms with van der Waals surface area (Å²) in [4.78, 5) is 0. The van der Waals surface area contributed by atoms with Crippen molar-refractivity contribution in [2.24, 2.45) is 0 Å². The van der Waals surface area contributed by atoms with Crippen molar-refractivity contribution in [3.63, 3.8) is 0 Å². The molecule has 0 bridgehead atoms. The Morgan fingerprint density at radius 3 is 2.60 bits per heavy atom. The zero-order chi connectivity index (χ0) is 4.12. The molecule has 23 valence electrons. The fraction of sp³-hybridized carbons (Fsp3) is 0.333. The third kappa shape index (κ3) is 3.87. The van der Waals surface area contributed by atoms with Crippen molar-refractivity contribution in [2.45, 2.75) is 6.32 Å². The molecule has 0 spiro atoms. The van der Waals surface area contributed by atoms with Gasteiger partial charge in [0.1, 0.15) is 0 Å². The van der Waals surface area contributed by atoms with E-state index >= 15 is 0 Å². The Morgan fingerprint density at radius 1 is 2.00 bits per heavy atom. The Hall–Kier alpha value is -0.130. The number of hydrogen-bond donors (Lipinski definition) is 0. The highest BCUT2D eigenvalue weighted by atomic mass is 13.4. The van der Waals surface area contributed by atoms with Crippen molar-refractivity contribution in [1.82, 2.24) is 0 Å². The molecule has 0 N–H and O–H groups in total. The molecule has 3 radical (unpaired) electrons. The minimum absolute atomic E-state index is 0.806. The Bertz CT molecular complexity index is 26.1. The highest BCUT2D eigenvalue weighted by molar-refractivity contribution is 6.89. The summed E-state index contributed by atoms with van der Waals surface area (Å²) in [5.74, 6) is 0. The maximum absolute atomic E-state index is 4.94. The Morgan fingerprint density at radius 2 is 2.60 bits per heavy atom. The average Bonchev–Trinajstić information content (AvgIpc) is 1.41. The van der Waals surface area contributed by atoms with E-state index < -0.39 is 0 Å². The lowest BCUT2D eigenvalue weighted by Crippen LogP contribution is -1.79. The second kappa shape index (κ2) is 3.87. The number of hydrogen-bond acceptors (Lipinski definition) is 0. The molecular weight excluding hydrogens is 57.7 g/mol. The van der Waals surface area contributed by atoms with Crippen LogP contribution < -0.4 is 0 Å². The van der Waals surface area contributed by atoms with E-state index in [0.717, 1.165) is 6.32 Å². The summed E-state index contributed by atoms with van der Waals surface area (Å²) in [6.45, 7) is 3.44. The molecule has 0 aromatic carbocycles. The van der Waals surface area contributed by atoms with Crippen LogP contribution in [0.4, 0.5) is 0 Å². The summed E-state index contributed by atoms with van der Waals surface area (Å²) in [6.07, 6.45) is 2.56. The molecule has 0 heterocycles. The van der Waals surface area contributed by atoms with Crippen molar-refractivity contribution in [3.05, 3.63) is 12.7 Å². The van der Waals surface area contributed by atoms with E-state index in [1.807, 2.05) is 0 Å². The first-order valence-electron chi connectivity index (χ1n) is 1.56. The lowest BCUT2D eigenvalue weighted by atomic mass is 9.54. The maximum atomic E-state index is 4.94. The molecule has 0 aromatic heterocycles. The summed E-state index contributed by atoms with van der Waals surface area (Å²) >= 11 is 0. The van der Waals surface area contributed by atoms with Crippen LogP contribution in [0.2, 0.25) is 6.32 Å². The molecule has 0 rings (SSSR count). The highest BCUT2D eigenvalue weighted by Crippen LogP contribution is 1.68. The Balaban J connectivity index is 2.40. The Kier molecular flexibility index (Phi) is 3.77. The lowest BCUT2D eigenvalue weighted by Gasteiger charge is -1.70. The van der Waals surface area contributed by atoms with Gasteiger partial charge in [0.05, 0.1) is 7.17 Å². The van der Waals surface area contributed by atoms with Gasteiger partial charge in [0.2, 0.25) is 0 Å². The first-order chi connectivity index (χ1) is 2.41. The van der Waals surface area contributed by atoms with E-state index in [4.69, 9.17) is 7.74 Å². The standard InChI is InChI=1S/C3H5B2/c1-2-3-5-4/h2H,1,3H2. The minimum Gasteiger partial charge on any atom is -0.104 e. The molecule has 2 heteroatoms. The van der Waals surface area contributed by atoms with E-state index in [1.165, 1.54) is 0 Å². The molecule has 0 fully saturated rings. The van der Waals surface area contributed by atoms with Gasteiger partial charge in [0, 0.05) is 7.74 Å². The van der Waals surface area contributed by atoms with Crippen LogP contribution in [0.1, 0.15) is 0 Å². The third-order valence-corrected chi connectivity index (χ3v) is 0.303. The Labute approximate surface area is 34.9 Å². The molecule has 0 amide bonds. The van der Waals surface area contributed by atoms with Gasteiger partial charge < -0.3 is 0 Å². The van der Waals surface area contributed by atoms with Gasteiger partial charge in [0.15, 0.2) is 0 Å². The summed E-state index contributed by atoms with van der Waals surface area (Å²) < 4.78 is 0. The molecule has 5 heavy (non-hydrogen) atoms. The summed E-state index contributed by atoms with van der Waals surface area (Å²) in [7, 11) is 6.51. The lowest BCUT2D eigenvalue weighted by molar-refractivity contribution is 1.75. The van der Waals surface area contributed by atoms with E-state index in [1.54, 1.807) is 13.2 Å². The van der Waals surface area contributed by atoms with Crippen molar-refractivity contribution in [2.75, 3.05) is 0 Å². The third-order valence-electron chi connectivity index (χ3n) is 0.303. The quantitative estimate of drug-likeness (QED) is 0.321. The van der Waals surface area contributed by atoms with Crippen LogP contribution in [0.15, 0.2) is 12.7 Å². The first-order valence-corrected chi connectivity index (χ1v) is 1.56. The van der Waals surface area contributed by atoms with Gasteiger partial charge in [-0.25, -0.2) is 0 Å². The van der Waals surface area contributed by atoms with E-state index in [9.17, 15) is 0 Å². The van der Waals surface area contributed by atoms with Crippen LogP contribution in [0, 0.1) is 0 Å². The van der Waals surface area contributed by atoms with E-state index in [2.05, 4.69) is 6.58 Å². The van der Waals surface area contributed by atoms with Gasteiger partial charge in [0.25, 0.3) is 0 Å². The van der Waals surface area contributed by atoms with Gasteiger partial charge in [-0.05, 0) is 0 Å². The fourth-order valence-electron chi connectivity index (χ4n) is 0.0962. The topological polar surface area (TPSA) is 0 Å². The first kappa shape index (κ1) is 4.87. The summed E-state index contributed by atoms with van der Waals surface area (Å²) in [5, 5.41) is 0. The number of allylic oxidation sites excluding steroid dienone is 1. The van der Waals surface area contributed by atoms with Crippen LogP contribution in [-0.4, -0.2) is 14.9 Å². The SMILES string of the molecule is [B][B]CC=C. The molecular formula is C3H5B2. The van der Waals surface area contributed by atoms with Crippen LogP contribution in [0.3, 0.4) is 0 Å². The predicted octanol–water partition coefficient (Wildman–Crippen LogP) is 0.378. The van der Waals surface area contributed by atoms with Crippen molar-refractivity contribution < 1.29 is 0 Å². The van der Waals surface area contributed by atoms with Crippen molar-refractivity contribution in [1.29, 1.82) is 0 Å². The molecule has 0 atom stereocenters. The van der Waals surface area contributed by atoms with Crippen molar-refractivity contribution in [3.8, 4) is 0 Å². The van der Waals surface area contributed by atoms with Gasteiger partial charge in [-0.1, -0.05) is 6.32 Å². The summed E-state index contributed by atoms with van der Waals surface area (Å²) in [5.41, 5.74) is 0. The van der Waals surface area contributed by atoms with Gasteiger partial charge >= 0.3 is 0 Å². The maximum Gasteiger partial charge on any atom is 0.0595 e. The van der Waals surface area contributed by atoms with Gasteiger partial charge in [-0.3, -0.25) is 0 Å². The minimum atomic E-state index is 0.806. The predicted molar refractivity (Wildman–Crippen MR) is 26.5 cm³/mol. The normalized spacial score (nSPS) is 6.40.